The van der Waals surface area contributed by atoms with Crippen molar-refractivity contribution >= 4 is 0 Å². The molecule has 0 heterocycles. The molecule has 0 amide bonds. The van der Waals surface area contributed by atoms with Crippen molar-refractivity contribution in [2.75, 3.05) is 7.11 Å². The zero-order valence-corrected chi connectivity index (χ0v) is 9.77. The smallest absolute Gasteiger partial charge is 0.416 e. The molecular formula is C12H15F3O. The molecule has 0 unspecified atom stereocenters. The number of halogens is 3. The SMILES string of the molecule is COc1cc(C(C)(C)C)cc(C(F)(F)F)c1. The minimum Gasteiger partial charge on any atom is -0.497 e. The summed E-state index contributed by atoms with van der Waals surface area (Å²) in [5.41, 5.74) is -0.398. The summed E-state index contributed by atoms with van der Waals surface area (Å²) in [7, 11) is 1.36. The molecule has 16 heavy (non-hydrogen) atoms. The van der Waals surface area contributed by atoms with Crippen molar-refractivity contribution in [2.24, 2.45) is 0 Å². The number of methoxy groups -OCH3 is 1. The van der Waals surface area contributed by atoms with E-state index in [0.717, 1.165) is 6.07 Å². The van der Waals surface area contributed by atoms with E-state index >= 15 is 0 Å². The summed E-state index contributed by atoms with van der Waals surface area (Å²) >= 11 is 0. The van der Waals surface area contributed by atoms with Crippen LogP contribution >= 0.6 is 0 Å². The Labute approximate surface area is 93.2 Å². The Hall–Kier alpha value is -1.19. The van der Waals surface area contributed by atoms with Gasteiger partial charge in [0, 0.05) is 0 Å². The van der Waals surface area contributed by atoms with Crippen LogP contribution in [0.3, 0.4) is 0 Å². The first-order valence-electron chi connectivity index (χ1n) is 4.91. The Morgan fingerprint density at radius 3 is 1.81 bits per heavy atom. The number of ether oxygens (including phenoxy) is 1. The van der Waals surface area contributed by atoms with E-state index in [1.54, 1.807) is 6.07 Å². The fraction of sp³-hybridized carbons (Fsp3) is 0.500. The van der Waals surface area contributed by atoms with Crippen molar-refractivity contribution in [3.8, 4) is 5.75 Å². The molecule has 0 aliphatic carbocycles. The highest BCUT2D eigenvalue weighted by Crippen LogP contribution is 2.35. The van der Waals surface area contributed by atoms with E-state index in [1.165, 1.54) is 13.2 Å². The number of alkyl halides is 3. The first-order chi connectivity index (χ1) is 7.14. The molecule has 0 atom stereocenters. The van der Waals surface area contributed by atoms with Gasteiger partial charge in [0.2, 0.25) is 0 Å². The quantitative estimate of drug-likeness (QED) is 0.710. The third-order valence-corrected chi connectivity index (χ3v) is 2.34. The maximum absolute atomic E-state index is 12.6. The van der Waals surface area contributed by atoms with E-state index in [2.05, 4.69) is 0 Å². The largest absolute Gasteiger partial charge is 0.497 e. The van der Waals surface area contributed by atoms with Crippen LogP contribution in [0.4, 0.5) is 13.2 Å². The highest BCUT2D eigenvalue weighted by Gasteiger charge is 2.32. The molecule has 0 aliphatic heterocycles. The second kappa shape index (κ2) is 4.00. The van der Waals surface area contributed by atoms with E-state index in [0.29, 0.717) is 5.56 Å². The van der Waals surface area contributed by atoms with Crippen LogP contribution in [0.5, 0.6) is 5.75 Å². The predicted molar refractivity (Wildman–Crippen MR) is 56.7 cm³/mol. The average molecular weight is 232 g/mol. The van der Waals surface area contributed by atoms with Gasteiger partial charge >= 0.3 is 6.18 Å². The van der Waals surface area contributed by atoms with Crippen LogP contribution < -0.4 is 4.74 Å². The van der Waals surface area contributed by atoms with Gasteiger partial charge in [0.15, 0.2) is 0 Å². The van der Waals surface area contributed by atoms with Crippen LogP contribution in [0.1, 0.15) is 31.9 Å². The molecule has 0 spiro atoms. The van der Waals surface area contributed by atoms with Gasteiger partial charge in [-0.05, 0) is 29.2 Å². The molecule has 0 saturated carbocycles. The molecule has 0 N–H and O–H groups in total. The van der Waals surface area contributed by atoms with Gasteiger partial charge < -0.3 is 4.74 Å². The van der Waals surface area contributed by atoms with Crippen LogP contribution in [-0.2, 0) is 11.6 Å². The minimum absolute atomic E-state index is 0.236. The number of hydrogen-bond donors (Lipinski definition) is 0. The lowest BCUT2D eigenvalue weighted by atomic mass is 9.86. The maximum atomic E-state index is 12.6. The fourth-order valence-electron chi connectivity index (χ4n) is 1.31. The third-order valence-electron chi connectivity index (χ3n) is 2.34. The van der Waals surface area contributed by atoms with Crippen molar-refractivity contribution in [3.63, 3.8) is 0 Å². The first-order valence-corrected chi connectivity index (χ1v) is 4.91. The van der Waals surface area contributed by atoms with E-state index in [-0.39, 0.29) is 11.2 Å². The molecule has 4 heteroatoms. The monoisotopic (exact) mass is 232 g/mol. The molecule has 1 nitrogen and oxygen atoms in total. The molecule has 1 aromatic rings. The summed E-state index contributed by atoms with van der Waals surface area (Å²) in [6.45, 7) is 5.59. The van der Waals surface area contributed by atoms with E-state index in [9.17, 15) is 13.2 Å². The number of hydrogen-bond acceptors (Lipinski definition) is 1. The Balaban J connectivity index is 3.33. The van der Waals surface area contributed by atoms with Gasteiger partial charge in [-0.25, -0.2) is 0 Å². The fourth-order valence-corrected chi connectivity index (χ4v) is 1.31. The molecule has 1 rings (SSSR count). The lowest BCUT2D eigenvalue weighted by molar-refractivity contribution is -0.137. The first kappa shape index (κ1) is 12.9. The average Bonchev–Trinajstić information content (AvgIpc) is 2.14. The molecular weight excluding hydrogens is 217 g/mol. The summed E-state index contributed by atoms with van der Waals surface area (Å²) in [5.74, 6) is 0.236. The maximum Gasteiger partial charge on any atom is 0.416 e. The standard InChI is InChI=1S/C12H15F3O/c1-11(2,3)8-5-9(12(13,14)15)7-10(6-8)16-4/h5-7H,1-4H3. The molecule has 0 aromatic heterocycles. The van der Waals surface area contributed by atoms with Crippen molar-refractivity contribution < 1.29 is 17.9 Å². The Bertz CT molecular complexity index is 343. The summed E-state index contributed by atoms with van der Waals surface area (Å²) in [6.07, 6.45) is -4.34. The van der Waals surface area contributed by atoms with Crippen LogP contribution in [0.15, 0.2) is 18.2 Å². The second-order valence-corrected chi connectivity index (χ2v) is 4.70. The third kappa shape index (κ3) is 2.90. The summed E-state index contributed by atoms with van der Waals surface area (Å²) in [5, 5.41) is 0. The minimum atomic E-state index is -4.34. The zero-order valence-electron chi connectivity index (χ0n) is 9.77. The number of rotatable bonds is 1. The van der Waals surface area contributed by atoms with Gasteiger partial charge in [0.25, 0.3) is 0 Å². The van der Waals surface area contributed by atoms with E-state index in [1.807, 2.05) is 20.8 Å². The lowest BCUT2D eigenvalue weighted by Crippen LogP contribution is -2.14. The Morgan fingerprint density at radius 2 is 1.44 bits per heavy atom. The van der Waals surface area contributed by atoms with Gasteiger partial charge in [-0.2, -0.15) is 13.2 Å². The van der Waals surface area contributed by atoms with E-state index in [4.69, 9.17) is 4.74 Å². The summed E-state index contributed by atoms with van der Waals surface area (Å²) in [6, 6.07) is 3.81. The summed E-state index contributed by atoms with van der Waals surface area (Å²) < 4.78 is 42.7. The molecule has 1 aromatic carbocycles. The van der Waals surface area contributed by atoms with Gasteiger partial charge in [-0.15, -0.1) is 0 Å². The van der Waals surface area contributed by atoms with Gasteiger partial charge in [0.1, 0.15) is 5.75 Å². The normalized spacial score (nSPS) is 12.7. The van der Waals surface area contributed by atoms with Crippen LogP contribution in [0, 0.1) is 0 Å². The van der Waals surface area contributed by atoms with Crippen LogP contribution in [0.25, 0.3) is 0 Å². The van der Waals surface area contributed by atoms with Gasteiger partial charge in [0.05, 0.1) is 12.7 Å². The highest BCUT2D eigenvalue weighted by atomic mass is 19.4. The molecule has 0 saturated heterocycles. The van der Waals surface area contributed by atoms with Gasteiger partial charge in [-0.3, -0.25) is 0 Å². The second-order valence-electron chi connectivity index (χ2n) is 4.70. The van der Waals surface area contributed by atoms with Crippen molar-refractivity contribution in [1.29, 1.82) is 0 Å². The van der Waals surface area contributed by atoms with Crippen molar-refractivity contribution in [2.45, 2.75) is 32.4 Å². The topological polar surface area (TPSA) is 9.23 Å². The molecule has 90 valence electrons. The molecule has 0 radical (unpaired) electrons. The highest BCUT2D eigenvalue weighted by molar-refractivity contribution is 5.38. The molecule has 0 fully saturated rings. The predicted octanol–water partition coefficient (Wildman–Crippen LogP) is 4.01. The van der Waals surface area contributed by atoms with Crippen LogP contribution in [-0.4, -0.2) is 7.11 Å². The Kier molecular flexibility index (Phi) is 3.22. The zero-order chi connectivity index (χ0) is 12.6. The molecule has 0 bridgehead atoms. The molecule has 0 aliphatic rings. The van der Waals surface area contributed by atoms with Crippen molar-refractivity contribution in [1.82, 2.24) is 0 Å². The van der Waals surface area contributed by atoms with E-state index < -0.39 is 11.7 Å². The number of benzene rings is 1. The van der Waals surface area contributed by atoms with Crippen molar-refractivity contribution in [3.05, 3.63) is 29.3 Å². The Morgan fingerprint density at radius 1 is 0.938 bits per heavy atom. The summed E-state index contributed by atoms with van der Waals surface area (Å²) in [4.78, 5) is 0. The van der Waals surface area contributed by atoms with Crippen LogP contribution in [0.2, 0.25) is 0 Å². The lowest BCUT2D eigenvalue weighted by Gasteiger charge is -2.21. The van der Waals surface area contributed by atoms with Gasteiger partial charge in [-0.1, -0.05) is 20.8 Å².